The van der Waals surface area contributed by atoms with E-state index in [0.717, 1.165) is 9.80 Å². The second-order valence-electron chi connectivity index (χ2n) is 10.7. The molecule has 2 aliphatic rings. The van der Waals surface area contributed by atoms with E-state index in [9.17, 15) is 19.2 Å². The number of carbonyl (C=O) groups is 4. The number of benzene rings is 6. The lowest BCUT2D eigenvalue weighted by molar-refractivity contribution is 0.0870. The molecule has 0 aliphatic carbocycles. The van der Waals surface area contributed by atoms with Crippen molar-refractivity contribution in [1.29, 1.82) is 0 Å². The minimum atomic E-state index is -0.644. The number of ether oxygens (including phenoxy) is 2. The van der Waals surface area contributed by atoms with Crippen molar-refractivity contribution in [1.82, 2.24) is 0 Å². The molecule has 0 unspecified atom stereocenters. The standard InChI is InChI=1S/C38H22N2O6/c41-35-27-21-30(46-26-19-11-4-12-20-26)34-32-28(36(42)40(38(34)44)24-15-7-2-8-16-24)22-29(45-25-17-9-3-10-18-25)33(31(27)32)37(43)39(35)23-13-5-1-6-14-23/h1-22H. The first-order valence-corrected chi connectivity index (χ1v) is 14.5. The van der Waals surface area contributed by atoms with Crippen molar-refractivity contribution >= 4 is 45.8 Å². The summed E-state index contributed by atoms with van der Waals surface area (Å²) in [5.41, 5.74) is 1.02. The quantitative estimate of drug-likeness (QED) is 0.179. The maximum atomic E-state index is 14.4. The number of imide groups is 2. The zero-order valence-electron chi connectivity index (χ0n) is 24.0. The summed E-state index contributed by atoms with van der Waals surface area (Å²) >= 11 is 0. The van der Waals surface area contributed by atoms with E-state index in [2.05, 4.69) is 0 Å². The van der Waals surface area contributed by atoms with Crippen LogP contribution in [0, 0.1) is 0 Å². The molecule has 0 saturated carbocycles. The van der Waals surface area contributed by atoms with Crippen molar-refractivity contribution in [2.24, 2.45) is 0 Å². The van der Waals surface area contributed by atoms with Crippen molar-refractivity contribution in [2.75, 3.05) is 9.80 Å². The fourth-order valence-electron chi connectivity index (χ4n) is 6.01. The van der Waals surface area contributed by atoms with Crippen LogP contribution in [-0.4, -0.2) is 23.6 Å². The first kappa shape index (κ1) is 27.0. The number of para-hydroxylation sites is 4. The highest BCUT2D eigenvalue weighted by Crippen LogP contribution is 2.48. The number of nitrogens with zero attached hydrogens (tertiary/aromatic N) is 2. The van der Waals surface area contributed by atoms with Gasteiger partial charge in [0.15, 0.2) is 0 Å². The summed E-state index contributed by atoms with van der Waals surface area (Å²) in [6.07, 6.45) is 0. The minimum absolute atomic E-state index is 0.0577. The maximum Gasteiger partial charge on any atom is 0.269 e. The molecule has 8 heteroatoms. The maximum absolute atomic E-state index is 14.4. The molecule has 0 aromatic heterocycles. The van der Waals surface area contributed by atoms with Crippen LogP contribution in [0.2, 0.25) is 0 Å². The Morgan fingerprint density at radius 2 is 0.717 bits per heavy atom. The Bertz CT molecular complexity index is 2060. The van der Waals surface area contributed by atoms with Crippen LogP contribution in [-0.2, 0) is 0 Å². The molecule has 4 amide bonds. The van der Waals surface area contributed by atoms with Crippen LogP contribution < -0.4 is 19.3 Å². The Morgan fingerprint density at radius 1 is 0.391 bits per heavy atom. The normalized spacial score (nSPS) is 13.7. The lowest BCUT2D eigenvalue weighted by Crippen LogP contribution is -2.44. The predicted octanol–water partition coefficient (Wildman–Crippen LogP) is 8.03. The van der Waals surface area contributed by atoms with Crippen molar-refractivity contribution < 1.29 is 28.7 Å². The molecule has 2 aliphatic heterocycles. The van der Waals surface area contributed by atoms with E-state index in [1.54, 1.807) is 109 Å². The number of hydrogen-bond acceptors (Lipinski definition) is 6. The Balaban J connectivity index is 1.47. The van der Waals surface area contributed by atoms with Gasteiger partial charge in [-0.25, -0.2) is 9.80 Å². The van der Waals surface area contributed by atoms with E-state index in [0.29, 0.717) is 22.9 Å². The summed E-state index contributed by atoms with van der Waals surface area (Å²) in [4.78, 5) is 59.5. The summed E-state index contributed by atoms with van der Waals surface area (Å²) in [6.45, 7) is 0. The Morgan fingerprint density at radius 3 is 1.07 bits per heavy atom. The van der Waals surface area contributed by atoms with Crippen LogP contribution in [0.15, 0.2) is 133 Å². The van der Waals surface area contributed by atoms with E-state index in [1.165, 1.54) is 12.1 Å². The summed E-state index contributed by atoms with van der Waals surface area (Å²) < 4.78 is 12.6. The van der Waals surface area contributed by atoms with E-state index < -0.39 is 23.6 Å². The molecule has 0 spiro atoms. The summed E-state index contributed by atoms with van der Waals surface area (Å²) in [5, 5.41) is 0.325. The molecule has 8 nitrogen and oxygen atoms in total. The van der Waals surface area contributed by atoms with Gasteiger partial charge in [-0.3, -0.25) is 19.2 Å². The van der Waals surface area contributed by atoms with E-state index in [-0.39, 0.29) is 44.5 Å². The van der Waals surface area contributed by atoms with Crippen molar-refractivity contribution in [2.45, 2.75) is 0 Å². The van der Waals surface area contributed by atoms with Crippen LogP contribution in [0.4, 0.5) is 11.4 Å². The molecule has 46 heavy (non-hydrogen) atoms. The summed E-state index contributed by atoms with van der Waals surface area (Å²) in [5.74, 6) is -1.54. The largest absolute Gasteiger partial charge is 0.456 e. The van der Waals surface area contributed by atoms with Crippen molar-refractivity contribution in [3.8, 4) is 23.0 Å². The van der Waals surface area contributed by atoms with Gasteiger partial charge in [-0.05, 0) is 60.7 Å². The number of amides is 4. The van der Waals surface area contributed by atoms with E-state index in [1.807, 2.05) is 12.1 Å². The molecular weight excluding hydrogens is 580 g/mol. The molecular formula is C38H22N2O6. The van der Waals surface area contributed by atoms with Gasteiger partial charge in [0.1, 0.15) is 23.0 Å². The van der Waals surface area contributed by atoms with Gasteiger partial charge in [-0.1, -0.05) is 72.8 Å². The van der Waals surface area contributed by atoms with Crippen LogP contribution in [0.5, 0.6) is 23.0 Å². The molecule has 0 saturated heterocycles. The molecule has 0 N–H and O–H groups in total. The van der Waals surface area contributed by atoms with Gasteiger partial charge in [0.05, 0.1) is 33.6 Å². The first-order valence-electron chi connectivity index (χ1n) is 14.5. The number of rotatable bonds is 6. The second-order valence-corrected chi connectivity index (χ2v) is 10.7. The van der Waals surface area contributed by atoms with Crippen LogP contribution in [0.1, 0.15) is 41.4 Å². The van der Waals surface area contributed by atoms with Crippen LogP contribution in [0.3, 0.4) is 0 Å². The van der Waals surface area contributed by atoms with E-state index in [4.69, 9.17) is 9.47 Å². The third-order valence-electron chi connectivity index (χ3n) is 8.00. The van der Waals surface area contributed by atoms with Gasteiger partial charge in [0.25, 0.3) is 23.6 Å². The Labute approximate surface area is 262 Å². The average Bonchev–Trinajstić information content (AvgIpc) is 3.08. The molecule has 6 aromatic rings. The molecule has 0 fully saturated rings. The summed E-state index contributed by atoms with van der Waals surface area (Å²) in [7, 11) is 0. The van der Waals surface area contributed by atoms with Gasteiger partial charge >= 0.3 is 0 Å². The highest BCUT2D eigenvalue weighted by Gasteiger charge is 2.44. The number of anilines is 2. The predicted molar refractivity (Wildman–Crippen MR) is 172 cm³/mol. The van der Waals surface area contributed by atoms with Gasteiger partial charge < -0.3 is 9.47 Å². The summed E-state index contributed by atoms with van der Waals surface area (Å²) in [6, 6.07) is 37.8. The third-order valence-corrected chi connectivity index (χ3v) is 8.00. The topological polar surface area (TPSA) is 93.2 Å². The Kier molecular flexibility index (Phi) is 6.21. The molecule has 0 atom stereocenters. The minimum Gasteiger partial charge on any atom is -0.456 e. The molecule has 0 bridgehead atoms. The van der Waals surface area contributed by atoms with Crippen molar-refractivity contribution in [3.05, 3.63) is 156 Å². The monoisotopic (exact) mass is 602 g/mol. The van der Waals surface area contributed by atoms with Crippen LogP contribution >= 0.6 is 0 Å². The molecule has 8 rings (SSSR count). The van der Waals surface area contributed by atoms with Crippen LogP contribution in [0.25, 0.3) is 10.8 Å². The third kappa shape index (κ3) is 4.16. The molecule has 6 aromatic carbocycles. The SMILES string of the molecule is O=C1c2cc(Oc3ccccc3)c3c4c(cc(Oc5ccccc5)c(c24)C(=O)N1c1ccccc1)C(=O)N(c1ccccc1)C3=O. The average molecular weight is 603 g/mol. The van der Waals surface area contributed by atoms with Gasteiger partial charge in [-0.15, -0.1) is 0 Å². The number of hydrogen-bond donors (Lipinski definition) is 0. The smallest absolute Gasteiger partial charge is 0.269 e. The zero-order valence-corrected chi connectivity index (χ0v) is 24.0. The zero-order chi connectivity index (χ0) is 31.4. The Hall–Kier alpha value is -6.54. The lowest BCUT2D eigenvalue weighted by Gasteiger charge is -2.33. The van der Waals surface area contributed by atoms with E-state index >= 15 is 0 Å². The second kappa shape index (κ2) is 10.6. The fourth-order valence-corrected chi connectivity index (χ4v) is 6.01. The van der Waals surface area contributed by atoms with Gasteiger partial charge in [-0.2, -0.15) is 0 Å². The molecule has 2 heterocycles. The van der Waals surface area contributed by atoms with Crippen molar-refractivity contribution in [3.63, 3.8) is 0 Å². The highest BCUT2D eigenvalue weighted by atomic mass is 16.5. The fraction of sp³-hybridized carbons (Fsp3) is 0. The molecule has 220 valence electrons. The van der Waals surface area contributed by atoms with Gasteiger partial charge in [0.2, 0.25) is 0 Å². The van der Waals surface area contributed by atoms with Gasteiger partial charge in [0, 0.05) is 10.8 Å². The lowest BCUT2D eigenvalue weighted by atomic mass is 9.84. The number of carbonyl (C=O) groups excluding carboxylic acids is 4. The molecule has 0 radical (unpaired) electrons. The first-order chi connectivity index (χ1) is 22.5. The highest BCUT2D eigenvalue weighted by molar-refractivity contribution is 6.43.